The molecular formula is C20H32ClN3O3S. The summed E-state index contributed by atoms with van der Waals surface area (Å²) in [5.41, 5.74) is 0.439. The Kier molecular flexibility index (Phi) is 7.90. The lowest BCUT2D eigenvalue weighted by molar-refractivity contribution is 0.0602. The number of hydrogen-bond acceptors (Lipinski definition) is 4. The third kappa shape index (κ3) is 4.70. The zero-order valence-corrected chi connectivity index (χ0v) is 18.6. The van der Waals surface area contributed by atoms with Crippen LogP contribution in [0.2, 0.25) is 0 Å². The van der Waals surface area contributed by atoms with Gasteiger partial charge in [0, 0.05) is 43.8 Å². The number of halogens is 1. The Labute approximate surface area is 175 Å². The van der Waals surface area contributed by atoms with Gasteiger partial charge < -0.3 is 10.2 Å². The second kappa shape index (κ2) is 9.57. The van der Waals surface area contributed by atoms with Crippen LogP contribution in [0, 0.1) is 0 Å². The molecule has 1 N–H and O–H groups in total. The third-order valence-corrected chi connectivity index (χ3v) is 8.05. The van der Waals surface area contributed by atoms with Crippen molar-refractivity contribution in [3.63, 3.8) is 0 Å². The maximum absolute atomic E-state index is 13.1. The summed E-state index contributed by atoms with van der Waals surface area (Å²) < 4.78 is 27.7. The lowest BCUT2D eigenvalue weighted by atomic mass is 9.96. The summed E-state index contributed by atoms with van der Waals surface area (Å²) in [6, 6.07) is 6.85. The highest BCUT2D eigenvalue weighted by Gasteiger charge is 2.31. The Morgan fingerprint density at radius 3 is 2.54 bits per heavy atom. The van der Waals surface area contributed by atoms with Crippen LogP contribution in [-0.4, -0.2) is 61.8 Å². The summed E-state index contributed by atoms with van der Waals surface area (Å²) in [5, 5.41) is 3.36. The molecule has 1 heterocycles. The quantitative estimate of drug-likeness (QED) is 0.798. The standard InChI is InChI=1S/C20H31N3O3S.ClH/c1-15-16(2)23(13-12-21-15)20(24)17-8-7-11-19(14-17)27(25,26)22(3)18-9-5-4-6-10-18;/h7-8,11,14-16,18,21H,4-6,9-10,12-13H2,1-3H3;1H. The highest BCUT2D eigenvalue weighted by molar-refractivity contribution is 7.89. The molecule has 3 rings (SSSR count). The fourth-order valence-corrected chi connectivity index (χ4v) is 5.57. The summed E-state index contributed by atoms with van der Waals surface area (Å²) in [7, 11) is -1.93. The number of nitrogens with one attached hydrogen (secondary N) is 1. The molecule has 2 fully saturated rings. The van der Waals surface area contributed by atoms with E-state index in [1.165, 1.54) is 16.8 Å². The van der Waals surface area contributed by atoms with E-state index in [0.717, 1.165) is 32.2 Å². The summed E-state index contributed by atoms with van der Waals surface area (Å²) in [4.78, 5) is 15.0. The lowest BCUT2D eigenvalue weighted by Gasteiger charge is -2.38. The van der Waals surface area contributed by atoms with Crippen molar-refractivity contribution >= 4 is 28.3 Å². The van der Waals surface area contributed by atoms with Crippen LogP contribution < -0.4 is 5.32 Å². The van der Waals surface area contributed by atoms with Gasteiger partial charge in [0.2, 0.25) is 10.0 Å². The van der Waals surface area contributed by atoms with Gasteiger partial charge in [0.25, 0.3) is 5.91 Å². The van der Waals surface area contributed by atoms with Crippen LogP contribution >= 0.6 is 12.4 Å². The van der Waals surface area contributed by atoms with Crippen LogP contribution in [0.5, 0.6) is 0 Å². The van der Waals surface area contributed by atoms with Gasteiger partial charge >= 0.3 is 0 Å². The Bertz CT molecular complexity index is 781. The number of nitrogens with zero attached hydrogens (tertiary/aromatic N) is 2. The van der Waals surface area contributed by atoms with Crippen molar-refractivity contribution in [2.45, 2.75) is 69.0 Å². The van der Waals surface area contributed by atoms with E-state index in [-0.39, 0.29) is 41.3 Å². The van der Waals surface area contributed by atoms with E-state index < -0.39 is 10.0 Å². The van der Waals surface area contributed by atoms with Gasteiger partial charge in [-0.05, 0) is 44.9 Å². The Balaban J connectivity index is 0.00000280. The van der Waals surface area contributed by atoms with E-state index in [0.29, 0.717) is 12.1 Å². The smallest absolute Gasteiger partial charge is 0.254 e. The molecule has 2 unspecified atom stereocenters. The van der Waals surface area contributed by atoms with Crippen LogP contribution in [0.25, 0.3) is 0 Å². The topological polar surface area (TPSA) is 69.7 Å². The first-order chi connectivity index (χ1) is 12.8. The van der Waals surface area contributed by atoms with E-state index in [4.69, 9.17) is 0 Å². The van der Waals surface area contributed by atoms with Gasteiger partial charge in [-0.3, -0.25) is 4.79 Å². The van der Waals surface area contributed by atoms with Crippen molar-refractivity contribution in [1.82, 2.24) is 14.5 Å². The molecule has 158 valence electrons. The molecule has 1 amide bonds. The number of hydrogen-bond donors (Lipinski definition) is 1. The first kappa shape index (κ1) is 23.1. The predicted molar refractivity (Wildman–Crippen MR) is 113 cm³/mol. The normalized spacial score (nSPS) is 24.1. The molecule has 1 aliphatic carbocycles. The molecular weight excluding hydrogens is 398 g/mol. The Hall–Kier alpha value is -1.15. The van der Waals surface area contributed by atoms with Gasteiger partial charge in [0.1, 0.15) is 0 Å². The Morgan fingerprint density at radius 2 is 1.86 bits per heavy atom. The highest BCUT2D eigenvalue weighted by atomic mass is 35.5. The minimum Gasteiger partial charge on any atom is -0.333 e. The number of rotatable bonds is 4. The van der Waals surface area contributed by atoms with Crippen molar-refractivity contribution in [3.8, 4) is 0 Å². The van der Waals surface area contributed by atoms with Crippen molar-refractivity contribution in [3.05, 3.63) is 29.8 Å². The number of carbonyl (C=O) groups is 1. The lowest BCUT2D eigenvalue weighted by Crippen LogP contribution is -2.57. The second-order valence-corrected chi connectivity index (χ2v) is 9.82. The van der Waals surface area contributed by atoms with Crippen molar-refractivity contribution in [2.75, 3.05) is 20.1 Å². The molecule has 0 spiro atoms. The van der Waals surface area contributed by atoms with Crippen molar-refractivity contribution in [1.29, 1.82) is 0 Å². The fraction of sp³-hybridized carbons (Fsp3) is 0.650. The monoisotopic (exact) mass is 429 g/mol. The number of carbonyl (C=O) groups excluding carboxylic acids is 1. The maximum Gasteiger partial charge on any atom is 0.254 e. The van der Waals surface area contributed by atoms with Gasteiger partial charge in [-0.2, -0.15) is 4.31 Å². The molecule has 0 radical (unpaired) electrons. The largest absolute Gasteiger partial charge is 0.333 e. The zero-order chi connectivity index (χ0) is 19.6. The average Bonchev–Trinajstić information content (AvgIpc) is 2.69. The van der Waals surface area contributed by atoms with E-state index in [9.17, 15) is 13.2 Å². The van der Waals surface area contributed by atoms with Gasteiger partial charge in [-0.15, -0.1) is 12.4 Å². The SMILES string of the molecule is CC1NCCN(C(=O)c2cccc(S(=O)(=O)N(C)C3CCCCC3)c2)C1C.Cl. The van der Waals surface area contributed by atoms with Crippen LogP contribution in [0.3, 0.4) is 0 Å². The summed E-state index contributed by atoms with van der Waals surface area (Å²) >= 11 is 0. The average molecular weight is 430 g/mol. The van der Waals surface area contributed by atoms with Crippen molar-refractivity contribution < 1.29 is 13.2 Å². The highest BCUT2D eigenvalue weighted by Crippen LogP contribution is 2.27. The van der Waals surface area contributed by atoms with Gasteiger partial charge in [0.05, 0.1) is 4.90 Å². The van der Waals surface area contributed by atoms with E-state index >= 15 is 0 Å². The first-order valence-corrected chi connectivity index (χ1v) is 11.4. The third-order valence-electron chi connectivity index (χ3n) is 6.14. The molecule has 1 aromatic carbocycles. The number of benzene rings is 1. The van der Waals surface area contributed by atoms with Gasteiger partial charge in [-0.25, -0.2) is 8.42 Å². The molecule has 0 bridgehead atoms. The molecule has 6 nitrogen and oxygen atoms in total. The molecule has 28 heavy (non-hydrogen) atoms. The molecule has 1 saturated carbocycles. The number of piperazine rings is 1. The molecule has 2 aliphatic rings. The van der Waals surface area contributed by atoms with Gasteiger partial charge in [0.15, 0.2) is 0 Å². The van der Waals surface area contributed by atoms with Crippen LogP contribution in [0.1, 0.15) is 56.3 Å². The Morgan fingerprint density at radius 1 is 1.18 bits per heavy atom. The van der Waals surface area contributed by atoms with Crippen LogP contribution in [0.15, 0.2) is 29.2 Å². The fourth-order valence-electron chi connectivity index (χ4n) is 4.11. The first-order valence-electron chi connectivity index (χ1n) is 9.95. The van der Waals surface area contributed by atoms with Crippen molar-refractivity contribution in [2.24, 2.45) is 0 Å². The number of sulfonamides is 1. The van der Waals surface area contributed by atoms with Crippen LogP contribution in [0.4, 0.5) is 0 Å². The molecule has 2 atom stereocenters. The van der Waals surface area contributed by atoms with Gasteiger partial charge in [-0.1, -0.05) is 25.3 Å². The van der Waals surface area contributed by atoms with E-state index in [2.05, 4.69) is 12.2 Å². The maximum atomic E-state index is 13.1. The number of amides is 1. The zero-order valence-electron chi connectivity index (χ0n) is 16.9. The molecule has 8 heteroatoms. The molecule has 0 aromatic heterocycles. The molecule has 1 saturated heterocycles. The van der Waals surface area contributed by atoms with E-state index in [1.807, 2.05) is 11.8 Å². The summed E-state index contributed by atoms with van der Waals surface area (Å²) in [6.07, 6.45) is 5.13. The van der Waals surface area contributed by atoms with E-state index in [1.54, 1.807) is 25.2 Å². The van der Waals surface area contributed by atoms with Crippen LogP contribution in [-0.2, 0) is 10.0 Å². The minimum atomic E-state index is -3.60. The molecule has 1 aromatic rings. The minimum absolute atomic E-state index is 0. The molecule has 1 aliphatic heterocycles. The summed E-state index contributed by atoms with van der Waals surface area (Å²) in [6.45, 7) is 5.46. The summed E-state index contributed by atoms with van der Waals surface area (Å²) in [5.74, 6) is -0.104. The predicted octanol–water partition coefficient (Wildman–Crippen LogP) is 2.88. The second-order valence-electron chi connectivity index (χ2n) is 7.82.